The van der Waals surface area contributed by atoms with Gasteiger partial charge in [0.25, 0.3) is 0 Å². The van der Waals surface area contributed by atoms with E-state index >= 15 is 0 Å². The SMILES string of the molecule is CCNCc1cccc(Oc2ccc(C)cc2Br)c1. The van der Waals surface area contributed by atoms with Crippen molar-refractivity contribution in [1.82, 2.24) is 5.32 Å². The average molecular weight is 320 g/mol. The van der Waals surface area contributed by atoms with Crippen LogP contribution in [0.4, 0.5) is 0 Å². The molecule has 0 aromatic heterocycles. The van der Waals surface area contributed by atoms with Gasteiger partial charge in [-0.1, -0.05) is 25.1 Å². The summed E-state index contributed by atoms with van der Waals surface area (Å²) in [5.74, 6) is 1.70. The highest BCUT2D eigenvalue weighted by Crippen LogP contribution is 2.30. The van der Waals surface area contributed by atoms with Crippen LogP contribution in [0.2, 0.25) is 0 Å². The van der Waals surface area contributed by atoms with E-state index in [-0.39, 0.29) is 0 Å². The summed E-state index contributed by atoms with van der Waals surface area (Å²) < 4.78 is 6.89. The Hall–Kier alpha value is -1.32. The summed E-state index contributed by atoms with van der Waals surface area (Å²) >= 11 is 3.53. The maximum Gasteiger partial charge on any atom is 0.141 e. The van der Waals surface area contributed by atoms with Crippen LogP contribution in [0.25, 0.3) is 0 Å². The van der Waals surface area contributed by atoms with Crippen molar-refractivity contribution in [3.05, 3.63) is 58.1 Å². The zero-order chi connectivity index (χ0) is 13.7. The van der Waals surface area contributed by atoms with Gasteiger partial charge >= 0.3 is 0 Å². The number of nitrogens with one attached hydrogen (secondary N) is 1. The molecule has 2 aromatic carbocycles. The van der Waals surface area contributed by atoms with Crippen LogP contribution < -0.4 is 10.1 Å². The number of hydrogen-bond donors (Lipinski definition) is 1. The Labute approximate surface area is 122 Å². The largest absolute Gasteiger partial charge is 0.456 e. The molecule has 0 spiro atoms. The Morgan fingerprint density at radius 2 is 2.00 bits per heavy atom. The minimum atomic E-state index is 0.839. The molecule has 2 nitrogen and oxygen atoms in total. The molecule has 0 unspecified atom stereocenters. The van der Waals surface area contributed by atoms with Gasteiger partial charge in [-0.15, -0.1) is 0 Å². The molecule has 0 aliphatic heterocycles. The van der Waals surface area contributed by atoms with E-state index in [1.165, 1.54) is 11.1 Å². The highest BCUT2D eigenvalue weighted by atomic mass is 79.9. The lowest BCUT2D eigenvalue weighted by Crippen LogP contribution is -2.11. The predicted molar refractivity (Wildman–Crippen MR) is 82.8 cm³/mol. The third kappa shape index (κ3) is 4.08. The fourth-order valence-electron chi connectivity index (χ4n) is 1.80. The quantitative estimate of drug-likeness (QED) is 0.865. The van der Waals surface area contributed by atoms with Crippen LogP contribution in [0.1, 0.15) is 18.1 Å². The molecule has 0 heterocycles. The van der Waals surface area contributed by atoms with Gasteiger partial charge in [-0.05, 0) is 64.8 Å². The monoisotopic (exact) mass is 319 g/mol. The molecule has 0 bridgehead atoms. The second kappa shape index (κ2) is 6.73. The molecule has 0 saturated carbocycles. The van der Waals surface area contributed by atoms with Crippen LogP contribution in [0.15, 0.2) is 46.9 Å². The van der Waals surface area contributed by atoms with Crippen LogP contribution >= 0.6 is 15.9 Å². The summed E-state index contributed by atoms with van der Waals surface area (Å²) in [6, 6.07) is 14.2. The summed E-state index contributed by atoms with van der Waals surface area (Å²) in [4.78, 5) is 0. The number of benzene rings is 2. The first-order valence-electron chi connectivity index (χ1n) is 6.42. The molecule has 19 heavy (non-hydrogen) atoms. The lowest BCUT2D eigenvalue weighted by Gasteiger charge is -2.10. The molecule has 2 rings (SSSR count). The van der Waals surface area contributed by atoms with Crippen LogP contribution in [0.3, 0.4) is 0 Å². The first-order chi connectivity index (χ1) is 9.19. The van der Waals surface area contributed by atoms with Crippen molar-refractivity contribution in [3.63, 3.8) is 0 Å². The highest BCUT2D eigenvalue weighted by molar-refractivity contribution is 9.10. The van der Waals surface area contributed by atoms with E-state index in [1.54, 1.807) is 0 Å². The van der Waals surface area contributed by atoms with Gasteiger partial charge in [0.1, 0.15) is 11.5 Å². The normalized spacial score (nSPS) is 10.5. The Kier molecular flexibility index (Phi) is 5.00. The summed E-state index contributed by atoms with van der Waals surface area (Å²) in [7, 11) is 0. The molecule has 0 fully saturated rings. The maximum absolute atomic E-state index is 5.91. The van der Waals surface area contributed by atoms with Gasteiger partial charge in [0.2, 0.25) is 0 Å². The van der Waals surface area contributed by atoms with Gasteiger partial charge in [0.15, 0.2) is 0 Å². The Morgan fingerprint density at radius 1 is 1.16 bits per heavy atom. The molecule has 100 valence electrons. The standard InChI is InChI=1S/C16H18BrNO/c1-3-18-11-13-5-4-6-14(10-13)19-16-8-7-12(2)9-15(16)17/h4-10,18H,3,11H2,1-2H3. The first-order valence-corrected chi connectivity index (χ1v) is 7.22. The van der Waals surface area contributed by atoms with E-state index < -0.39 is 0 Å². The molecule has 0 radical (unpaired) electrons. The van der Waals surface area contributed by atoms with Crippen LogP contribution in [0, 0.1) is 6.92 Å². The Morgan fingerprint density at radius 3 is 2.74 bits per heavy atom. The number of aryl methyl sites for hydroxylation is 1. The van der Waals surface area contributed by atoms with Crippen molar-refractivity contribution in [2.24, 2.45) is 0 Å². The molecule has 0 saturated heterocycles. The molecule has 0 amide bonds. The first kappa shape index (κ1) is 14.1. The third-order valence-corrected chi connectivity index (χ3v) is 3.41. The van der Waals surface area contributed by atoms with Crippen molar-refractivity contribution in [2.75, 3.05) is 6.54 Å². The van der Waals surface area contributed by atoms with Crippen LogP contribution in [-0.2, 0) is 6.54 Å². The molecule has 3 heteroatoms. The van der Waals surface area contributed by atoms with E-state index in [4.69, 9.17) is 4.74 Å². The smallest absolute Gasteiger partial charge is 0.141 e. The second-order valence-electron chi connectivity index (χ2n) is 4.46. The van der Waals surface area contributed by atoms with Crippen molar-refractivity contribution in [3.8, 4) is 11.5 Å². The van der Waals surface area contributed by atoms with E-state index in [1.807, 2.05) is 24.3 Å². The molecular weight excluding hydrogens is 302 g/mol. The fraction of sp³-hybridized carbons (Fsp3) is 0.250. The average Bonchev–Trinajstić information content (AvgIpc) is 2.40. The van der Waals surface area contributed by atoms with Crippen LogP contribution in [0.5, 0.6) is 11.5 Å². The zero-order valence-corrected chi connectivity index (χ0v) is 12.8. The fourth-order valence-corrected chi connectivity index (χ4v) is 2.38. The van der Waals surface area contributed by atoms with Gasteiger partial charge in [0.05, 0.1) is 4.47 Å². The van der Waals surface area contributed by atoms with E-state index in [9.17, 15) is 0 Å². The van der Waals surface area contributed by atoms with Gasteiger partial charge in [-0.25, -0.2) is 0 Å². The molecule has 0 aliphatic rings. The van der Waals surface area contributed by atoms with Gasteiger partial charge < -0.3 is 10.1 Å². The van der Waals surface area contributed by atoms with Crippen molar-refractivity contribution in [1.29, 1.82) is 0 Å². The summed E-state index contributed by atoms with van der Waals surface area (Å²) in [5.41, 5.74) is 2.43. The predicted octanol–water partition coefficient (Wildman–Crippen LogP) is 4.66. The topological polar surface area (TPSA) is 21.3 Å². The Balaban J connectivity index is 2.14. The van der Waals surface area contributed by atoms with E-state index in [0.29, 0.717) is 0 Å². The van der Waals surface area contributed by atoms with E-state index in [0.717, 1.165) is 29.1 Å². The molecular formula is C16H18BrNO. The molecule has 0 aliphatic carbocycles. The Bertz CT molecular complexity index is 554. The minimum absolute atomic E-state index is 0.839. The summed E-state index contributed by atoms with van der Waals surface area (Å²) in [5, 5.41) is 3.31. The zero-order valence-electron chi connectivity index (χ0n) is 11.2. The summed E-state index contributed by atoms with van der Waals surface area (Å²) in [6.45, 7) is 5.99. The van der Waals surface area contributed by atoms with Crippen molar-refractivity contribution in [2.45, 2.75) is 20.4 Å². The number of ether oxygens (including phenoxy) is 1. The molecule has 2 aromatic rings. The highest BCUT2D eigenvalue weighted by Gasteiger charge is 2.03. The van der Waals surface area contributed by atoms with E-state index in [2.05, 4.69) is 53.3 Å². The molecule has 0 atom stereocenters. The lowest BCUT2D eigenvalue weighted by atomic mass is 10.2. The number of rotatable bonds is 5. The van der Waals surface area contributed by atoms with Gasteiger partial charge in [-0.3, -0.25) is 0 Å². The minimum Gasteiger partial charge on any atom is -0.456 e. The lowest BCUT2D eigenvalue weighted by molar-refractivity contribution is 0.478. The van der Waals surface area contributed by atoms with Crippen LogP contribution in [-0.4, -0.2) is 6.54 Å². The van der Waals surface area contributed by atoms with Crippen molar-refractivity contribution < 1.29 is 4.74 Å². The van der Waals surface area contributed by atoms with Gasteiger partial charge in [-0.2, -0.15) is 0 Å². The molecule has 1 N–H and O–H groups in total. The maximum atomic E-state index is 5.91. The number of hydrogen-bond acceptors (Lipinski definition) is 2. The van der Waals surface area contributed by atoms with Gasteiger partial charge in [0, 0.05) is 6.54 Å². The summed E-state index contributed by atoms with van der Waals surface area (Å²) in [6.07, 6.45) is 0. The number of halogens is 1. The van der Waals surface area contributed by atoms with Crippen molar-refractivity contribution >= 4 is 15.9 Å². The third-order valence-electron chi connectivity index (χ3n) is 2.79. The second-order valence-corrected chi connectivity index (χ2v) is 5.32.